The molecule has 1 atom stereocenters. The highest BCUT2D eigenvalue weighted by Crippen LogP contribution is 2.33. The summed E-state index contributed by atoms with van der Waals surface area (Å²) in [4.78, 5) is 20.5. The van der Waals surface area contributed by atoms with Crippen LogP contribution in [0.4, 0.5) is 4.39 Å². The number of nitrogens with two attached hydrogens (primary N) is 1. The minimum atomic E-state index is -0.312. The van der Waals surface area contributed by atoms with Crippen molar-refractivity contribution in [3.05, 3.63) is 57.1 Å². The highest BCUT2D eigenvalue weighted by molar-refractivity contribution is 5.79. The van der Waals surface area contributed by atoms with E-state index in [4.69, 9.17) is 20.0 Å². The lowest BCUT2D eigenvalue weighted by Crippen LogP contribution is -2.38. The number of ether oxygens (including phenoxy) is 1. The summed E-state index contributed by atoms with van der Waals surface area (Å²) in [5.41, 5.74) is 8.72. The van der Waals surface area contributed by atoms with Crippen LogP contribution in [0, 0.1) is 12.7 Å². The summed E-state index contributed by atoms with van der Waals surface area (Å²) in [7, 11) is 0. The summed E-state index contributed by atoms with van der Waals surface area (Å²) in [6.07, 6.45) is 5.09. The largest absolute Gasteiger partial charge is 0.370 e. The van der Waals surface area contributed by atoms with E-state index in [0.717, 1.165) is 79.9 Å². The first kappa shape index (κ1) is 24.1. The van der Waals surface area contributed by atoms with E-state index in [9.17, 15) is 9.18 Å². The van der Waals surface area contributed by atoms with Crippen molar-refractivity contribution >= 4 is 11.0 Å². The van der Waals surface area contributed by atoms with Crippen molar-refractivity contribution in [3.8, 4) is 0 Å². The molecule has 2 N–H and O–H groups in total. The molecule has 2 aromatic heterocycles. The van der Waals surface area contributed by atoms with Crippen LogP contribution >= 0.6 is 0 Å². The van der Waals surface area contributed by atoms with E-state index in [0.29, 0.717) is 37.6 Å². The smallest absolute Gasteiger partial charge is 0.257 e. The molecule has 0 spiro atoms. The van der Waals surface area contributed by atoms with Gasteiger partial charge in [0, 0.05) is 48.3 Å². The molecule has 1 aromatic carbocycles. The molecule has 0 saturated carbocycles. The SMILES string of the molecule is Cc1nc2n(c(=O)c1CCN1CCC(c3noc4cc(F)ccc34)CC1)CCCC2OCCCN. The Morgan fingerprint density at radius 1 is 1.23 bits per heavy atom. The normalized spacial score (nSPS) is 19.3. The van der Waals surface area contributed by atoms with Gasteiger partial charge in [0.25, 0.3) is 5.56 Å². The van der Waals surface area contributed by atoms with Gasteiger partial charge in [-0.15, -0.1) is 0 Å². The first-order valence-corrected chi connectivity index (χ1v) is 12.7. The Hall–Kier alpha value is -2.62. The zero-order valence-corrected chi connectivity index (χ0v) is 20.3. The maximum absolute atomic E-state index is 13.5. The van der Waals surface area contributed by atoms with Crippen LogP contribution in [0.5, 0.6) is 0 Å². The minimum absolute atomic E-state index is 0.0795. The average Bonchev–Trinajstić information content (AvgIpc) is 3.28. The highest BCUT2D eigenvalue weighted by atomic mass is 19.1. The van der Waals surface area contributed by atoms with Crippen LogP contribution in [0.2, 0.25) is 0 Å². The Morgan fingerprint density at radius 3 is 2.86 bits per heavy atom. The van der Waals surface area contributed by atoms with Gasteiger partial charge >= 0.3 is 0 Å². The number of benzene rings is 1. The molecule has 1 unspecified atom stereocenters. The molecular weight excluding hydrogens is 449 g/mol. The lowest BCUT2D eigenvalue weighted by Gasteiger charge is -2.31. The summed E-state index contributed by atoms with van der Waals surface area (Å²) >= 11 is 0. The molecule has 35 heavy (non-hydrogen) atoms. The first-order chi connectivity index (χ1) is 17.0. The van der Waals surface area contributed by atoms with Gasteiger partial charge in [0.1, 0.15) is 17.7 Å². The summed E-state index contributed by atoms with van der Waals surface area (Å²) in [5.74, 6) is 0.750. The number of aromatic nitrogens is 3. The van der Waals surface area contributed by atoms with Gasteiger partial charge < -0.3 is 19.9 Å². The average molecular weight is 484 g/mol. The Bertz CT molecular complexity index is 1230. The molecule has 0 radical (unpaired) electrons. The predicted octanol–water partition coefficient (Wildman–Crippen LogP) is 3.45. The molecule has 0 amide bonds. The third-order valence-electron chi connectivity index (χ3n) is 7.42. The van der Waals surface area contributed by atoms with Gasteiger partial charge in [-0.2, -0.15) is 0 Å². The monoisotopic (exact) mass is 483 g/mol. The standard InChI is InChI=1S/C26H34FN5O3/c1-17-20(26(33)32-11-2-4-22(25(32)29-17)34-15-3-10-28)9-14-31-12-7-18(8-13-31)24-21-6-5-19(27)16-23(21)35-30-24/h5-6,16,18,22H,2-4,7-15,28H2,1H3. The second-order valence-corrected chi connectivity index (χ2v) is 9.71. The minimum Gasteiger partial charge on any atom is -0.370 e. The van der Waals surface area contributed by atoms with Gasteiger partial charge in [-0.25, -0.2) is 9.37 Å². The van der Waals surface area contributed by atoms with E-state index in [1.54, 1.807) is 6.07 Å². The van der Waals surface area contributed by atoms with Crippen LogP contribution in [-0.4, -0.2) is 52.4 Å². The molecule has 9 heteroatoms. The van der Waals surface area contributed by atoms with Crippen LogP contribution < -0.4 is 11.3 Å². The maximum atomic E-state index is 13.5. The van der Waals surface area contributed by atoms with Crippen LogP contribution in [0.15, 0.2) is 27.5 Å². The summed E-state index contributed by atoms with van der Waals surface area (Å²) < 4.78 is 26.6. The molecule has 188 valence electrons. The Balaban J connectivity index is 1.21. The number of fused-ring (bicyclic) bond motifs is 2. The molecular formula is C26H34FN5O3. The number of hydrogen-bond acceptors (Lipinski definition) is 7. The van der Waals surface area contributed by atoms with E-state index in [1.807, 2.05) is 11.5 Å². The van der Waals surface area contributed by atoms with E-state index in [-0.39, 0.29) is 17.5 Å². The highest BCUT2D eigenvalue weighted by Gasteiger charge is 2.27. The number of aryl methyl sites for hydroxylation is 1. The summed E-state index contributed by atoms with van der Waals surface area (Å²) in [6, 6.07) is 4.61. The molecule has 2 aliphatic rings. The maximum Gasteiger partial charge on any atom is 0.257 e. The van der Waals surface area contributed by atoms with Crippen LogP contribution in [0.1, 0.15) is 66.9 Å². The van der Waals surface area contributed by atoms with E-state index in [1.165, 1.54) is 12.1 Å². The Morgan fingerprint density at radius 2 is 2.06 bits per heavy atom. The zero-order chi connectivity index (χ0) is 24.4. The van der Waals surface area contributed by atoms with Gasteiger partial charge in [0.15, 0.2) is 5.58 Å². The molecule has 0 aliphatic carbocycles. The van der Waals surface area contributed by atoms with Crippen LogP contribution in [0.25, 0.3) is 11.0 Å². The first-order valence-electron chi connectivity index (χ1n) is 12.7. The molecule has 5 rings (SSSR count). The second-order valence-electron chi connectivity index (χ2n) is 9.71. The molecule has 1 saturated heterocycles. The molecule has 2 aliphatic heterocycles. The number of rotatable bonds is 8. The number of nitrogens with zero attached hydrogens (tertiary/aromatic N) is 4. The number of halogens is 1. The fourth-order valence-electron chi connectivity index (χ4n) is 5.43. The van der Waals surface area contributed by atoms with Crippen LogP contribution in [0.3, 0.4) is 0 Å². The lowest BCUT2D eigenvalue weighted by atomic mass is 9.91. The van der Waals surface area contributed by atoms with Crippen LogP contribution in [-0.2, 0) is 17.7 Å². The Kier molecular flexibility index (Phi) is 7.27. The molecule has 1 fully saturated rings. The topological polar surface area (TPSA) is 99.4 Å². The fraction of sp³-hybridized carbons (Fsp3) is 0.577. The van der Waals surface area contributed by atoms with Crippen molar-refractivity contribution in [1.29, 1.82) is 0 Å². The van der Waals surface area contributed by atoms with Crippen molar-refractivity contribution in [1.82, 2.24) is 19.6 Å². The predicted molar refractivity (Wildman–Crippen MR) is 131 cm³/mol. The van der Waals surface area contributed by atoms with Crippen molar-refractivity contribution in [2.75, 3.05) is 32.8 Å². The van der Waals surface area contributed by atoms with Crippen molar-refractivity contribution in [3.63, 3.8) is 0 Å². The van der Waals surface area contributed by atoms with Gasteiger partial charge in [0.05, 0.1) is 5.69 Å². The number of likely N-dealkylation sites (tertiary alicyclic amines) is 1. The van der Waals surface area contributed by atoms with Gasteiger partial charge in [-0.05, 0) is 77.2 Å². The number of piperidine rings is 1. The van der Waals surface area contributed by atoms with E-state index < -0.39 is 0 Å². The third-order valence-corrected chi connectivity index (χ3v) is 7.42. The van der Waals surface area contributed by atoms with Crippen molar-refractivity contribution < 1.29 is 13.7 Å². The van der Waals surface area contributed by atoms with Gasteiger partial charge in [0.2, 0.25) is 0 Å². The summed E-state index contributed by atoms with van der Waals surface area (Å²) in [6.45, 7) is 6.50. The van der Waals surface area contributed by atoms with Crippen molar-refractivity contribution in [2.45, 2.75) is 64.0 Å². The number of hydrogen-bond donors (Lipinski definition) is 1. The molecule has 4 heterocycles. The van der Waals surface area contributed by atoms with Gasteiger partial charge in [-0.1, -0.05) is 5.16 Å². The third kappa shape index (κ3) is 5.03. The fourth-order valence-corrected chi connectivity index (χ4v) is 5.43. The Labute approximate surface area is 204 Å². The van der Waals surface area contributed by atoms with E-state index in [2.05, 4.69) is 10.1 Å². The van der Waals surface area contributed by atoms with Gasteiger partial charge in [-0.3, -0.25) is 9.36 Å². The quantitative estimate of drug-likeness (QED) is 0.490. The lowest BCUT2D eigenvalue weighted by molar-refractivity contribution is 0.0256. The molecule has 0 bridgehead atoms. The van der Waals surface area contributed by atoms with E-state index >= 15 is 0 Å². The second kappa shape index (κ2) is 10.6. The molecule has 8 nitrogen and oxygen atoms in total. The summed E-state index contributed by atoms with van der Waals surface area (Å²) in [5, 5.41) is 5.15. The molecule has 3 aromatic rings. The van der Waals surface area contributed by atoms with Crippen molar-refractivity contribution in [2.24, 2.45) is 5.73 Å². The zero-order valence-electron chi connectivity index (χ0n) is 20.3.